The van der Waals surface area contributed by atoms with E-state index in [9.17, 15) is 0 Å². The average Bonchev–Trinajstić information content (AvgIpc) is 2.54. The molecule has 0 saturated heterocycles. The molecule has 1 aromatic heterocycles. The van der Waals surface area contributed by atoms with Gasteiger partial charge in [-0.25, -0.2) is 0 Å². The van der Waals surface area contributed by atoms with Crippen LogP contribution >= 0.6 is 0 Å². The van der Waals surface area contributed by atoms with Crippen LogP contribution in [0.15, 0.2) is 30.3 Å². The van der Waals surface area contributed by atoms with Gasteiger partial charge in [0.1, 0.15) is 0 Å². The van der Waals surface area contributed by atoms with E-state index in [1.165, 1.54) is 10.9 Å². The van der Waals surface area contributed by atoms with Crippen LogP contribution < -0.4 is 28.2 Å². The molecule has 0 atom stereocenters. The summed E-state index contributed by atoms with van der Waals surface area (Å²) in [4.78, 5) is 3.70. The Bertz CT molecular complexity index is 502. The van der Waals surface area contributed by atoms with Crippen LogP contribution in [0.2, 0.25) is 6.25 Å². The predicted molar refractivity (Wildman–Crippen MR) is 77.4 cm³/mol. The molecule has 20 heavy (non-hydrogen) atoms. The molecule has 1 heterocycles. The summed E-state index contributed by atoms with van der Waals surface area (Å²) >= 11 is -1.77. The largest absolute Gasteiger partial charge is 1.00 e. The van der Waals surface area contributed by atoms with E-state index in [0.29, 0.717) is 6.25 Å². The van der Waals surface area contributed by atoms with Crippen LogP contribution in [0.5, 0.6) is 0 Å². The van der Waals surface area contributed by atoms with Crippen molar-refractivity contribution >= 4 is 14.3 Å². The second-order valence-corrected chi connectivity index (χ2v) is 17.7. The van der Waals surface area contributed by atoms with E-state index in [0.717, 1.165) is 0 Å². The molecule has 4 heteroatoms. The molecule has 0 aliphatic carbocycles. The first-order valence-corrected chi connectivity index (χ1v) is 10.3. The number of H-pyrrole nitrogens is 1. The number of aromatic amines is 1. The Morgan fingerprint density at radius 3 is 1.80 bits per heavy atom. The van der Waals surface area contributed by atoms with Crippen LogP contribution in [0.1, 0.15) is 41.5 Å². The SMILES string of the molecule is C[C](C)(C)[Zr+2]([c]1cc2ccccc2[nH]1)[C](C)(C)C.[Cl-].[Cl-]. The molecule has 0 aliphatic rings. The van der Waals surface area contributed by atoms with Gasteiger partial charge < -0.3 is 24.8 Å². The van der Waals surface area contributed by atoms with Crippen LogP contribution in [0.25, 0.3) is 10.9 Å². The van der Waals surface area contributed by atoms with Gasteiger partial charge in [0.2, 0.25) is 0 Å². The summed E-state index contributed by atoms with van der Waals surface area (Å²) in [6.45, 7) is 14.5. The van der Waals surface area contributed by atoms with Gasteiger partial charge in [-0.1, -0.05) is 0 Å². The van der Waals surface area contributed by atoms with E-state index in [1.807, 2.05) is 0 Å². The molecule has 0 fully saturated rings. The predicted octanol–water partition coefficient (Wildman–Crippen LogP) is -1.14. The fourth-order valence-corrected chi connectivity index (χ4v) is 14.0. The van der Waals surface area contributed by atoms with Crippen molar-refractivity contribution in [3.8, 4) is 0 Å². The fraction of sp³-hybridized carbons (Fsp3) is 0.500. The molecule has 2 aromatic rings. The summed E-state index contributed by atoms with van der Waals surface area (Å²) in [6, 6.07) is 11.0. The minimum absolute atomic E-state index is 0. The smallest absolute Gasteiger partial charge is 1.00 e. The molecule has 0 radical (unpaired) electrons. The molecule has 1 aromatic carbocycles. The Hall–Kier alpha value is 0.223. The van der Waals surface area contributed by atoms with Crippen molar-refractivity contribution in [2.45, 2.75) is 47.8 Å². The molecular weight excluding hydrogens is 368 g/mol. The first-order chi connectivity index (χ1) is 8.19. The quantitative estimate of drug-likeness (QED) is 0.632. The summed E-state index contributed by atoms with van der Waals surface area (Å²) in [5.74, 6) is 0. The van der Waals surface area contributed by atoms with Crippen LogP contribution in [0, 0.1) is 0 Å². The summed E-state index contributed by atoms with van der Waals surface area (Å²) in [5.41, 5.74) is 1.29. The van der Waals surface area contributed by atoms with Gasteiger partial charge in [0.05, 0.1) is 0 Å². The molecule has 1 nitrogen and oxygen atoms in total. The Kier molecular flexibility index (Phi) is 7.07. The topological polar surface area (TPSA) is 15.8 Å². The zero-order valence-electron chi connectivity index (χ0n) is 13.1. The van der Waals surface area contributed by atoms with E-state index >= 15 is 0 Å². The van der Waals surface area contributed by atoms with Gasteiger partial charge in [0, 0.05) is 0 Å². The third-order valence-corrected chi connectivity index (χ3v) is 12.7. The number of hydrogen-bond donors (Lipinski definition) is 1. The number of rotatable bonds is 1. The number of benzene rings is 1. The van der Waals surface area contributed by atoms with Crippen molar-refractivity contribution in [3.05, 3.63) is 30.3 Å². The minimum Gasteiger partial charge on any atom is -1.00 e. The summed E-state index contributed by atoms with van der Waals surface area (Å²) in [6.07, 6.45) is 0. The summed E-state index contributed by atoms with van der Waals surface area (Å²) in [7, 11) is 0. The molecular formula is C16H24Cl2NZr. The summed E-state index contributed by atoms with van der Waals surface area (Å²) in [5, 5.41) is 1.36. The zero-order chi connectivity index (χ0) is 13.6. The van der Waals surface area contributed by atoms with E-state index in [2.05, 4.69) is 76.9 Å². The molecule has 2 rings (SSSR count). The normalized spacial score (nSPS) is 11.7. The first kappa shape index (κ1) is 20.2. The Morgan fingerprint density at radius 1 is 0.850 bits per heavy atom. The van der Waals surface area contributed by atoms with Crippen molar-refractivity contribution < 1.29 is 46.6 Å². The Labute approximate surface area is 143 Å². The van der Waals surface area contributed by atoms with Gasteiger partial charge in [-0.2, -0.15) is 0 Å². The van der Waals surface area contributed by atoms with Crippen LogP contribution in [-0.4, -0.2) is 4.98 Å². The van der Waals surface area contributed by atoms with Crippen LogP contribution in [0.3, 0.4) is 0 Å². The fourth-order valence-electron chi connectivity index (χ4n) is 3.14. The monoisotopic (exact) mass is 390 g/mol. The average molecular weight is 393 g/mol. The molecule has 1 N–H and O–H groups in total. The van der Waals surface area contributed by atoms with Crippen LogP contribution in [-0.2, 0) is 21.8 Å². The third kappa shape index (κ3) is 4.36. The van der Waals surface area contributed by atoms with E-state index in [4.69, 9.17) is 0 Å². The number of hydrogen-bond acceptors (Lipinski definition) is 0. The Morgan fingerprint density at radius 2 is 1.35 bits per heavy atom. The van der Waals surface area contributed by atoms with E-state index < -0.39 is 21.8 Å². The van der Waals surface area contributed by atoms with E-state index in [-0.39, 0.29) is 24.8 Å². The number of nitrogens with one attached hydrogen (secondary N) is 1. The van der Waals surface area contributed by atoms with Gasteiger partial charge in [0.15, 0.2) is 0 Å². The maximum atomic E-state index is 3.70. The number of para-hydroxylation sites is 1. The van der Waals surface area contributed by atoms with Crippen molar-refractivity contribution in [1.82, 2.24) is 4.98 Å². The summed E-state index contributed by atoms with van der Waals surface area (Å²) < 4.78 is 2.45. The second-order valence-electron chi connectivity index (χ2n) is 7.15. The third-order valence-electron chi connectivity index (χ3n) is 3.30. The zero-order valence-corrected chi connectivity index (χ0v) is 17.1. The minimum atomic E-state index is -1.77. The molecule has 0 aliphatic heterocycles. The molecule has 0 saturated carbocycles. The van der Waals surface area contributed by atoms with Crippen LogP contribution in [0.4, 0.5) is 0 Å². The standard InChI is InChI=1S/C8H6N.2C4H9.2ClH.Zr/c1-2-4-8-7(3-1)5-6-9-8;2*1-4(2)3;;;/h1-5,9H;2*1-3H3;2*1H;/q;;;;;+2/p-2. The van der Waals surface area contributed by atoms with Gasteiger partial charge in [-0.15, -0.1) is 0 Å². The van der Waals surface area contributed by atoms with Gasteiger partial charge in [0.25, 0.3) is 0 Å². The van der Waals surface area contributed by atoms with E-state index in [1.54, 1.807) is 3.40 Å². The van der Waals surface area contributed by atoms with Crippen molar-refractivity contribution in [2.75, 3.05) is 0 Å². The van der Waals surface area contributed by atoms with Crippen molar-refractivity contribution in [1.29, 1.82) is 0 Å². The Balaban J connectivity index is 0.00000180. The maximum Gasteiger partial charge on any atom is -1.00 e. The first-order valence-electron chi connectivity index (χ1n) is 6.65. The van der Waals surface area contributed by atoms with Crippen molar-refractivity contribution in [3.63, 3.8) is 0 Å². The molecule has 111 valence electrons. The van der Waals surface area contributed by atoms with Crippen molar-refractivity contribution in [2.24, 2.45) is 0 Å². The maximum absolute atomic E-state index is 3.70. The number of aromatic nitrogens is 1. The molecule has 0 spiro atoms. The molecule has 0 amide bonds. The van der Waals surface area contributed by atoms with Gasteiger partial charge in [-0.3, -0.25) is 0 Å². The van der Waals surface area contributed by atoms with Gasteiger partial charge in [-0.05, 0) is 0 Å². The molecule has 0 unspecified atom stereocenters. The molecule has 0 bridgehead atoms. The number of halogens is 2. The van der Waals surface area contributed by atoms with Gasteiger partial charge >= 0.3 is 119 Å². The number of fused-ring (bicyclic) bond motifs is 1. The second kappa shape index (κ2) is 6.99.